The van der Waals surface area contributed by atoms with Crippen LogP contribution in [-0.2, 0) is 0 Å². The van der Waals surface area contributed by atoms with E-state index in [9.17, 15) is 0 Å². The van der Waals surface area contributed by atoms with E-state index in [1.807, 2.05) is 18.0 Å². The number of aromatic nitrogens is 1. The van der Waals surface area contributed by atoms with Crippen molar-refractivity contribution in [3.63, 3.8) is 0 Å². The Morgan fingerprint density at radius 1 is 1.33 bits per heavy atom. The summed E-state index contributed by atoms with van der Waals surface area (Å²) in [5.41, 5.74) is 1.09. The van der Waals surface area contributed by atoms with Gasteiger partial charge in [0.05, 0.1) is 11.9 Å². The van der Waals surface area contributed by atoms with Crippen LogP contribution in [0.3, 0.4) is 0 Å². The summed E-state index contributed by atoms with van der Waals surface area (Å²) in [6.45, 7) is 1.03. The summed E-state index contributed by atoms with van der Waals surface area (Å²) in [5.74, 6) is 1.28. The van der Waals surface area contributed by atoms with Gasteiger partial charge in [-0.1, -0.05) is 6.42 Å². The smallest absolute Gasteiger partial charge is 0.0538 e. The largest absolute Gasteiger partial charge is 0.384 e. The van der Waals surface area contributed by atoms with E-state index in [1.165, 1.54) is 25.0 Å². The van der Waals surface area contributed by atoms with Crippen molar-refractivity contribution in [2.75, 3.05) is 23.9 Å². The van der Waals surface area contributed by atoms with Gasteiger partial charge in [-0.15, -0.1) is 0 Å². The Morgan fingerprint density at radius 3 is 2.93 bits per heavy atom. The van der Waals surface area contributed by atoms with Crippen molar-refractivity contribution in [2.24, 2.45) is 0 Å². The average molecular weight is 289 g/mol. The second kappa shape index (κ2) is 7.99. The van der Waals surface area contributed by atoms with E-state index in [0.29, 0.717) is 0 Å². The normalized spacial score (nSPS) is 10.3. The molecule has 1 heterocycles. The molecular weight excluding hydrogens is 272 g/mol. The summed E-state index contributed by atoms with van der Waals surface area (Å²) >= 11 is 5.32. The second-order valence-corrected chi connectivity index (χ2v) is 5.27. The summed E-state index contributed by atoms with van der Waals surface area (Å²) < 4.78 is 1.02. The molecule has 1 aromatic rings. The third-order valence-electron chi connectivity index (χ3n) is 2.06. The summed E-state index contributed by atoms with van der Waals surface area (Å²) in [4.78, 5) is 4.10. The number of unbranched alkanes of at least 4 members (excludes halogenated alkanes) is 2. The highest BCUT2D eigenvalue weighted by Crippen LogP contribution is 2.13. The Balaban J connectivity index is 2.10. The SMILES string of the molecule is CSCCCCCNc1cncc(Br)c1. The number of anilines is 1. The molecule has 1 N–H and O–H groups in total. The molecule has 0 aromatic carbocycles. The molecule has 0 fully saturated rings. The molecule has 1 aromatic heterocycles. The monoisotopic (exact) mass is 288 g/mol. The molecule has 0 atom stereocenters. The molecule has 0 amide bonds. The van der Waals surface area contributed by atoms with Crippen LogP contribution in [0.15, 0.2) is 22.9 Å². The van der Waals surface area contributed by atoms with Crippen molar-refractivity contribution in [1.82, 2.24) is 4.98 Å². The lowest BCUT2D eigenvalue weighted by Gasteiger charge is -2.05. The van der Waals surface area contributed by atoms with Crippen molar-refractivity contribution >= 4 is 33.4 Å². The fourth-order valence-electron chi connectivity index (χ4n) is 1.29. The highest BCUT2D eigenvalue weighted by atomic mass is 79.9. The van der Waals surface area contributed by atoms with Gasteiger partial charge in [0.2, 0.25) is 0 Å². The van der Waals surface area contributed by atoms with E-state index < -0.39 is 0 Å². The second-order valence-electron chi connectivity index (χ2n) is 3.37. The number of rotatable bonds is 7. The zero-order chi connectivity index (χ0) is 10.9. The van der Waals surface area contributed by atoms with Gasteiger partial charge in [-0.05, 0) is 46.8 Å². The van der Waals surface area contributed by atoms with Crippen LogP contribution in [0.5, 0.6) is 0 Å². The third-order valence-corrected chi connectivity index (χ3v) is 3.19. The number of pyridine rings is 1. The van der Waals surface area contributed by atoms with Crippen molar-refractivity contribution in [2.45, 2.75) is 19.3 Å². The van der Waals surface area contributed by atoms with Crippen LogP contribution >= 0.6 is 27.7 Å². The van der Waals surface area contributed by atoms with Gasteiger partial charge in [-0.25, -0.2) is 0 Å². The fraction of sp³-hybridized carbons (Fsp3) is 0.545. The lowest BCUT2D eigenvalue weighted by atomic mass is 10.2. The molecule has 0 unspecified atom stereocenters. The Kier molecular flexibility index (Phi) is 6.85. The van der Waals surface area contributed by atoms with Crippen LogP contribution in [-0.4, -0.2) is 23.5 Å². The molecular formula is C11H17BrN2S. The van der Waals surface area contributed by atoms with Gasteiger partial charge in [-0.3, -0.25) is 4.98 Å². The average Bonchev–Trinajstić information content (AvgIpc) is 2.23. The van der Waals surface area contributed by atoms with E-state index in [2.05, 4.69) is 38.6 Å². The maximum Gasteiger partial charge on any atom is 0.0538 e. The lowest BCUT2D eigenvalue weighted by Crippen LogP contribution is -2.01. The molecule has 0 bridgehead atoms. The van der Waals surface area contributed by atoms with Gasteiger partial charge in [0.15, 0.2) is 0 Å². The predicted molar refractivity (Wildman–Crippen MR) is 72.7 cm³/mol. The van der Waals surface area contributed by atoms with Crippen molar-refractivity contribution in [1.29, 1.82) is 0 Å². The first-order valence-electron chi connectivity index (χ1n) is 5.16. The zero-order valence-electron chi connectivity index (χ0n) is 9.00. The zero-order valence-corrected chi connectivity index (χ0v) is 11.4. The van der Waals surface area contributed by atoms with Gasteiger partial charge in [0, 0.05) is 17.2 Å². The maximum absolute atomic E-state index is 4.10. The van der Waals surface area contributed by atoms with Crippen LogP contribution in [0.25, 0.3) is 0 Å². The molecule has 0 aliphatic heterocycles. The number of thioether (sulfide) groups is 1. The van der Waals surface area contributed by atoms with E-state index in [-0.39, 0.29) is 0 Å². The highest BCUT2D eigenvalue weighted by Gasteiger charge is 1.93. The lowest BCUT2D eigenvalue weighted by molar-refractivity contribution is 0.749. The number of nitrogens with one attached hydrogen (secondary N) is 1. The molecule has 0 aliphatic carbocycles. The van der Waals surface area contributed by atoms with Crippen molar-refractivity contribution in [3.05, 3.63) is 22.9 Å². The van der Waals surface area contributed by atoms with Crippen molar-refractivity contribution in [3.8, 4) is 0 Å². The molecule has 0 saturated heterocycles. The highest BCUT2D eigenvalue weighted by molar-refractivity contribution is 9.10. The van der Waals surface area contributed by atoms with Crippen LogP contribution in [0.1, 0.15) is 19.3 Å². The molecule has 84 valence electrons. The van der Waals surface area contributed by atoms with E-state index in [1.54, 1.807) is 6.20 Å². The minimum atomic E-state index is 1.02. The fourth-order valence-corrected chi connectivity index (χ4v) is 2.15. The maximum atomic E-state index is 4.10. The van der Waals surface area contributed by atoms with Crippen molar-refractivity contribution < 1.29 is 0 Å². The van der Waals surface area contributed by atoms with E-state index >= 15 is 0 Å². The summed E-state index contributed by atoms with van der Waals surface area (Å²) in [6.07, 6.45) is 9.66. The molecule has 0 radical (unpaired) electrons. The third kappa shape index (κ3) is 6.05. The minimum absolute atomic E-state index is 1.02. The summed E-state index contributed by atoms with van der Waals surface area (Å²) in [7, 11) is 0. The predicted octanol–water partition coefficient (Wildman–Crippen LogP) is 3.79. The number of hydrogen-bond donors (Lipinski definition) is 1. The quantitative estimate of drug-likeness (QED) is 0.773. The topological polar surface area (TPSA) is 24.9 Å². The van der Waals surface area contributed by atoms with Gasteiger partial charge in [0.1, 0.15) is 0 Å². The number of nitrogens with zero attached hydrogens (tertiary/aromatic N) is 1. The van der Waals surface area contributed by atoms with E-state index in [0.717, 1.165) is 16.7 Å². The number of halogens is 1. The van der Waals surface area contributed by atoms with Crippen LogP contribution < -0.4 is 5.32 Å². The van der Waals surface area contributed by atoms with Gasteiger partial charge in [-0.2, -0.15) is 11.8 Å². The minimum Gasteiger partial charge on any atom is -0.384 e. The first kappa shape index (κ1) is 12.8. The first-order chi connectivity index (χ1) is 7.33. The number of hydrogen-bond acceptors (Lipinski definition) is 3. The Morgan fingerprint density at radius 2 is 2.20 bits per heavy atom. The van der Waals surface area contributed by atoms with Crippen LogP contribution in [0.4, 0.5) is 5.69 Å². The first-order valence-corrected chi connectivity index (χ1v) is 7.35. The molecule has 0 spiro atoms. The molecule has 2 nitrogen and oxygen atoms in total. The molecule has 0 aliphatic rings. The summed E-state index contributed by atoms with van der Waals surface area (Å²) in [6, 6.07) is 2.05. The van der Waals surface area contributed by atoms with Crippen LogP contribution in [0, 0.1) is 0 Å². The van der Waals surface area contributed by atoms with Crippen LogP contribution in [0.2, 0.25) is 0 Å². The van der Waals surface area contributed by atoms with Gasteiger partial charge in [0.25, 0.3) is 0 Å². The van der Waals surface area contributed by atoms with Gasteiger partial charge >= 0.3 is 0 Å². The molecule has 0 saturated carbocycles. The Hall–Kier alpha value is -0.220. The Bertz CT molecular complexity index is 281. The standard InChI is InChI=1S/C11H17BrN2S/c1-15-6-4-2-3-5-14-11-7-10(12)8-13-9-11/h7-9,14H,2-6H2,1H3. The molecule has 4 heteroatoms. The van der Waals surface area contributed by atoms with Gasteiger partial charge < -0.3 is 5.32 Å². The Labute approximate surface area is 104 Å². The molecule has 15 heavy (non-hydrogen) atoms. The molecule has 1 rings (SSSR count). The van der Waals surface area contributed by atoms with E-state index in [4.69, 9.17) is 0 Å². The summed E-state index contributed by atoms with van der Waals surface area (Å²) in [5, 5.41) is 3.36.